The van der Waals surface area contributed by atoms with Gasteiger partial charge in [-0.1, -0.05) is 28.1 Å². The van der Waals surface area contributed by atoms with Crippen molar-refractivity contribution in [3.63, 3.8) is 0 Å². The van der Waals surface area contributed by atoms with E-state index in [-0.39, 0.29) is 5.91 Å². The Morgan fingerprint density at radius 3 is 2.74 bits per heavy atom. The zero-order chi connectivity index (χ0) is 13.8. The molecule has 3 nitrogen and oxygen atoms in total. The molecule has 0 aliphatic heterocycles. The summed E-state index contributed by atoms with van der Waals surface area (Å²) >= 11 is 10.4. The average Bonchev–Trinajstić information content (AvgIpc) is 2.71. The summed E-state index contributed by atoms with van der Waals surface area (Å²) in [6.45, 7) is 1.99. The molecular weight excluding hydrogens is 348 g/mol. The van der Waals surface area contributed by atoms with Crippen LogP contribution < -0.4 is 5.32 Å². The number of halogens is 2. The van der Waals surface area contributed by atoms with Gasteiger partial charge in [0.15, 0.2) is 5.13 Å². The van der Waals surface area contributed by atoms with Gasteiger partial charge in [-0.3, -0.25) is 4.79 Å². The van der Waals surface area contributed by atoms with Gasteiger partial charge in [0.1, 0.15) is 0 Å². The first kappa shape index (κ1) is 14.5. The summed E-state index contributed by atoms with van der Waals surface area (Å²) in [5, 5.41) is 3.38. The molecule has 0 fully saturated rings. The zero-order valence-electron chi connectivity index (χ0n) is 10.2. The molecule has 6 heteroatoms. The van der Waals surface area contributed by atoms with Crippen LogP contribution in [0.2, 0.25) is 0 Å². The van der Waals surface area contributed by atoms with Crippen LogP contribution in [0.1, 0.15) is 11.3 Å². The van der Waals surface area contributed by atoms with Crippen LogP contribution >= 0.6 is 38.9 Å². The van der Waals surface area contributed by atoms with Crippen LogP contribution in [-0.4, -0.2) is 16.8 Å². The number of hydrogen-bond donors (Lipinski definition) is 1. The molecule has 0 bridgehead atoms. The molecule has 1 heterocycles. The third-order valence-electron chi connectivity index (χ3n) is 2.48. The fourth-order valence-corrected chi connectivity index (χ4v) is 2.88. The van der Waals surface area contributed by atoms with Crippen molar-refractivity contribution >= 4 is 49.9 Å². The quantitative estimate of drug-likeness (QED) is 0.820. The van der Waals surface area contributed by atoms with Crippen LogP contribution in [-0.2, 0) is 4.79 Å². The molecule has 0 atom stereocenters. The van der Waals surface area contributed by atoms with Gasteiger partial charge in [0.25, 0.3) is 0 Å². The molecule has 0 aliphatic carbocycles. The highest BCUT2D eigenvalue weighted by Crippen LogP contribution is 2.31. The second-order valence-corrected chi connectivity index (χ2v) is 6.41. The Morgan fingerprint density at radius 2 is 2.11 bits per heavy atom. The first-order valence-corrected chi connectivity index (χ1v) is 7.83. The van der Waals surface area contributed by atoms with Crippen LogP contribution in [0.5, 0.6) is 0 Å². The first-order valence-electron chi connectivity index (χ1n) is 5.69. The average molecular weight is 360 g/mol. The van der Waals surface area contributed by atoms with Crippen molar-refractivity contribution in [2.75, 3.05) is 11.2 Å². The van der Waals surface area contributed by atoms with Crippen molar-refractivity contribution in [2.45, 2.75) is 13.3 Å². The minimum Gasteiger partial charge on any atom is -0.302 e. The van der Waals surface area contributed by atoms with E-state index in [0.29, 0.717) is 17.4 Å². The van der Waals surface area contributed by atoms with Gasteiger partial charge in [0.2, 0.25) is 5.91 Å². The molecule has 1 aromatic heterocycles. The normalized spacial score (nSPS) is 10.5. The predicted molar refractivity (Wildman–Crippen MR) is 84.0 cm³/mol. The number of rotatable bonds is 4. The maximum atomic E-state index is 11.5. The van der Waals surface area contributed by atoms with Gasteiger partial charge in [-0.25, -0.2) is 4.98 Å². The molecule has 0 saturated carbocycles. The van der Waals surface area contributed by atoms with Crippen LogP contribution in [0.25, 0.3) is 11.3 Å². The zero-order valence-corrected chi connectivity index (χ0v) is 13.4. The number of aromatic nitrogens is 1. The summed E-state index contributed by atoms with van der Waals surface area (Å²) in [5.74, 6) is 0.210. The Bertz CT molecular complexity index is 583. The van der Waals surface area contributed by atoms with E-state index in [1.165, 1.54) is 11.3 Å². The highest BCUT2D eigenvalue weighted by Gasteiger charge is 2.11. The number of thiazole rings is 1. The smallest absolute Gasteiger partial charge is 0.227 e. The van der Waals surface area contributed by atoms with Gasteiger partial charge in [-0.05, 0) is 19.1 Å². The van der Waals surface area contributed by atoms with E-state index < -0.39 is 0 Å². The van der Waals surface area contributed by atoms with E-state index in [2.05, 4.69) is 26.2 Å². The Labute approximate surface area is 129 Å². The molecule has 100 valence electrons. The van der Waals surface area contributed by atoms with Crippen molar-refractivity contribution in [2.24, 2.45) is 0 Å². The van der Waals surface area contributed by atoms with E-state index in [1.54, 1.807) is 0 Å². The minimum absolute atomic E-state index is 0.105. The Kier molecular flexibility index (Phi) is 4.96. The van der Waals surface area contributed by atoms with E-state index >= 15 is 0 Å². The molecule has 2 rings (SSSR count). The van der Waals surface area contributed by atoms with Gasteiger partial charge in [-0.15, -0.1) is 22.9 Å². The molecule has 1 amide bonds. The molecule has 2 aromatic rings. The van der Waals surface area contributed by atoms with Crippen LogP contribution in [0.3, 0.4) is 0 Å². The van der Waals surface area contributed by atoms with Crippen LogP contribution in [0, 0.1) is 6.92 Å². The number of anilines is 1. The summed E-state index contributed by atoms with van der Waals surface area (Å²) < 4.78 is 1.03. The maximum absolute atomic E-state index is 11.5. The van der Waals surface area contributed by atoms with Crippen molar-refractivity contribution in [3.05, 3.63) is 33.6 Å². The molecule has 0 radical (unpaired) electrons. The summed E-state index contributed by atoms with van der Waals surface area (Å²) in [6, 6.07) is 7.94. The van der Waals surface area contributed by atoms with E-state index in [4.69, 9.17) is 11.6 Å². The molecule has 1 N–H and O–H groups in total. The number of carbonyl (C=O) groups excluding carboxylic acids is 1. The second-order valence-electron chi connectivity index (χ2n) is 3.92. The number of carbonyl (C=O) groups is 1. The van der Waals surface area contributed by atoms with Gasteiger partial charge < -0.3 is 5.32 Å². The summed E-state index contributed by atoms with van der Waals surface area (Å²) in [5.41, 5.74) is 1.94. The maximum Gasteiger partial charge on any atom is 0.227 e. The number of amides is 1. The molecule has 0 saturated heterocycles. The molecule has 0 unspecified atom stereocenters. The highest BCUT2D eigenvalue weighted by atomic mass is 79.9. The van der Waals surface area contributed by atoms with Gasteiger partial charge in [-0.2, -0.15) is 0 Å². The largest absolute Gasteiger partial charge is 0.302 e. The van der Waals surface area contributed by atoms with Crippen molar-refractivity contribution in [3.8, 4) is 11.3 Å². The Balaban J connectivity index is 2.21. The fraction of sp³-hybridized carbons (Fsp3) is 0.231. The van der Waals surface area contributed by atoms with Gasteiger partial charge in [0, 0.05) is 27.2 Å². The Morgan fingerprint density at radius 1 is 1.42 bits per heavy atom. The number of benzene rings is 1. The van der Waals surface area contributed by atoms with Crippen molar-refractivity contribution < 1.29 is 4.79 Å². The number of aryl methyl sites for hydroxylation is 1. The third kappa shape index (κ3) is 3.78. The molecule has 19 heavy (non-hydrogen) atoms. The van der Waals surface area contributed by atoms with Gasteiger partial charge >= 0.3 is 0 Å². The van der Waals surface area contributed by atoms with Crippen molar-refractivity contribution in [1.82, 2.24) is 4.98 Å². The third-order valence-corrected chi connectivity index (χ3v) is 4.09. The number of alkyl halides is 1. The summed E-state index contributed by atoms with van der Waals surface area (Å²) in [7, 11) is 0. The standard InChI is InChI=1S/C13H12BrClN2OS/c1-8-12(9-2-4-10(14)5-3-9)17-13(19-8)16-11(18)6-7-15/h2-5H,6-7H2,1H3,(H,16,17,18). The van der Waals surface area contributed by atoms with Crippen molar-refractivity contribution in [1.29, 1.82) is 0 Å². The summed E-state index contributed by atoms with van der Waals surface area (Å²) in [6.07, 6.45) is 0.299. The summed E-state index contributed by atoms with van der Waals surface area (Å²) in [4.78, 5) is 17.0. The van der Waals surface area contributed by atoms with Gasteiger partial charge in [0.05, 0.1) is 5.69 Å². The van der Waals surface area contributed by atoms with E-state index in [9.17, 15) is 4.79 Å². The number of hydrogen-bond acceptors (Lipinski definition) is 3. The van der Waals surface area contributed by atoms with Crippen LogP contribution in [0.4, 0.5) is 5.13 Å². The number of nitrogens with one attached hydrogen (secondary N) is 1. The molecule has 0 aliphatic rings. The molecule has 1 aromatic carbocycles. The highest BCUT2D eigenvalue weighted by molar-refractivity contribution is 9.10. The Hall–Kier alpha value is -0.910. The van der Waals surface area contributed by atoms with E-state index in [1.807, 2.05) is 31.2 Å². The topological polar surface area (TPSA) is 42.0 Å². The minimum atomic E-state index is -0.105. The lowest BCUT2D eigenvalue weighted by molar-refractivity contribution is -0.115. The monoisotopic (exact) mass is 358 g/mol. The fourth-order valence-electron chi connectivity index (χ4n) is 1.59. The molecule has 0 spiro atoms. The predicted octanol–water partition coefficient (Wildman–Crippen LogP) is 4.45. The SMILES string of the molecule is Cc1sc(NC(=O)CCCl)nc1-c1ccc(Br)cc1. The first-order chi connectivity index (χ1) is 9.10. The lowest BCUT2D eigenvalue weighted by atomic mass is 10.1. The lowest BCUT2D eigenvalue weighted by Crippen LogP contribution is -2.11. The van der Waals surface area contributed by atoms with E-state index in [0.717, 1.165) is 20.6 Å². The second kappa shape index (κ2) is 6.50. The molecular formula is C13H12BrClN2OS. The number of nitrogens with zero attached hydrogens (tertiary/aromatic N) is 1. The van der Waals surface area contributed by atoms with Crippen LogP contribution in [0.15, 0.2) is 28.7 Å². The lowest BCUT2D eigenvalue weighted by Gasteiger charge is -1.99.